The lowest BCUT2D eigenvalue weighted by atomic mass is 10.4. The van der Waals surface area contributed by atoms with Gasteiger partial charge in [0.2, 0.25) is 0 Å². The fraction of sp³-hybridized carbons (Fsp3) is 0.375. The molecular weight excluding hydrogens is 234 g/mol. The second-order valence-corrected chi connectivity index (χ2v) is 4.09. The van der Waals surface area contributed by atoms with Crippen LogP contribution in [-0.2, 0) is 10.5 Å². The first-order valence-corrected chi connectivity index (χ1v) is 5.53. The van der Waals surface area contributed by atoms with Crippen molar-refractivity contribution < 1.29 is 9.90 Å². The van der Waals surface area contributed by atoms with Gasteiger partial charge in [-0.05, 0) is 0 Å². The average molecular weight is 245 g/mol. The van der Waals surface area contributed by atoms with Gasteiger partial charge in [-0.15, -0.1) is 0 Å². The maximum Gasteiger partial charge on any atom is 0.325 e. The lowest BCUT2D eigenvalue weighted by molar-refractivity contribution is -0.137. The summed E-state index contributed by atoms with van der Waals surface area (Å²) in [6.45, 7) is 0. The number of carboxylic acids is 1. The highest BCUT2D eigenvalue weighted by molar-refractivity contribution is 7.98. The van der Waals surface area contributed by atoms with Gasteiger partial charge in [0.05, 0.1) is 0 Å². The van der Waals surface area contributed by atoms with Crippen LogP contribution in [0.4, 0.5) is 0 Å². The van der Waals surface area contributed by atoms with E-state index in [1.54, 1.807) is 0 Å². The van der Waals surface area contributed by atoms with Crippen LogP contribution in [0.1, 0.15) is 5.56 Å². The number of aromatic nitrogens is 2. The summed E-state index contributed by atoms with van der Waals surface area (Å²) in [5.74, 6) is -0.580. The zero-order chi connectivity index (χ0) is 12.1. The minimum atomic E-state index is -1.08. The van der Waals surface area contributed by atoms with E-state index < -0.39 is 23.3 Å². The lowest BCUT2D eigenvalue weighted by Crippen LogP contribution is -2.32. The minimum absolute atomic E-state index is 0.202. The maximum absolute atomic E-state index is 11.2. The van der Waals surface area contributed by atoms with E-state index in [2.05, 4.69) is 9.97 Å². The SMILES string of the molecule is N[C@@H](CSCc1c[nH]c(=O)[nH]c1=O)C(=O)O. The van der Waals surface area contributed by atoms with Gasteiger partial charge in [0.15, 0.2) is 0 Å². The van der Waals surface area contributed by atoms with E-state index in [4.69, 9.17) is 10.8 Å². The molecule has 0 bridgehead atoms. The topological polar surface area (TPSA) is 129 Å². The van der Waals surface area contributed by atoms with Crippen LogP contribution in [0.15, 0.2) is 15.8 Å². The molecule has 0 saturated heterocycles. The molecular formula is C8H11N3O4S. The highest BCUT2D eigenvalue weighted by atomic mass is 32.2. The van der Waals surface area contributed by atoms with Crippen LogP contribution in [0.3, 0.4) is 0 Å². The molecule has 7 nitrogen and oxygen atoms in total. The second-order valence-electron chi connectivity index (χ2n) is 3.06. The molecule has 0 fully saturated rings. The molecule has 88 valence electrons. The van der Waals surface area contributed by atoms with Crippen molar-refractivity contribution in [1.82, 2.24) is 9.97 Å². The number of H-pyrrole nitrogens is 2. The van der Waals surface area contributed by atoms with Crippen molar-refractivity contribution in [2.75, 3.05) is 5.75 Å². The van der Waals surface area contributed by atoms with Crippen LogP contribution in [0.5, 0.6) is 0 Å². The normalized spacial score (nSPS) is 12.3. The number of nitrogens with one attached hydrogen (secondary N) is 2. The van der Waals surface area contributed by atoms with Gasteiger partial charge in [-0.2, -0.15) is 11.8 Å². The molecule has 0 aliphatic carbocycles. The molecule has 1 aromatic heterocycles. The summed E-state index contributed by atoms with van der Waals surface area (Å²) in [4.78, 5) is 36.7. The molecule has 0 radical (unpaired) electrons. The molecule has 16 heavy (non-hydrogen) atoms. The quantitative estimate of drug-likeness (QED) is 0.510. The number of carbonyl (C=O) groups is 1. The van der Waals surface area contributed by atoms with Crippen LogP contribution in [-0.4, -0.2) is 32.8 Å². The van der Waals surface area contributed by atoms with Gasteiger partial charge in [0.1, 0.15) is 6.04 Å². The predicted molar refractivity (Wildman–Crippen MR) is 59.5 cm³/mol. The van der Waals surface area contributed by atoms with E-state index in [9.17, 15) is 14.4 Å². The molecule has 0 spiro atoms. The van der Waals surface area contributed by atoms with Crippen molar-refractivity contribution in [1.29, 1.82) is 0 Å². The molecule has 1 rings (SSSR count). The minimum Gasteiger partial charge on any atom is -0.480 e. The Morgan fingerprint density at radius 3 is 2.81 bits per heavy atom. The van der Waals surface area contributed by atoms with Crippen LogP contribution in [0.25, 0.3) is 0 Å². The van der Waals surface area contributed by atoms with Gasteiger partial charge in [0.25, 0.3) is 5.56 Å². The van der Waals surface area contributed by atoms with Gasteiger partial charge in [0, 0.05) is 23.3 Å². The van der Waals surface area contributed by atoms with E-state index in [-0.39, 0.29) is 5.75 Å². The Balaban J connectivity index is 2.53. The zero-order valence-corrected chi connectivity index (χ0v) is 9.04. The summed E-state index contributed by atoms with van der Waals surface area (Å²) in [6, 6.07) is -0.952. The second kappa shape index (κ2) is 5.52. The summed E-state index contributed by atoms with van der Waals surface area (Å²) in [6.07, 6.45) is 1.31. The molecule has 0 unspecified atom stereocenters. The van der Waals surface area contributed by atoms with Crippen molar-refractivity contribution in [2.45, 2.75) is 11.8 Å². The fourth-order valence-corrected chi connectivity index (χ4v) is 1.86. The third kappa shape index (κ3) is 3.55. The Hall–Kier alpha value is -1.54. The first-order valence-electron chi connectivity index (χ1n) is 4.37. The Morgan fingerprint density at radius 1 is 1.56 bits per heavy atom. The third-order valence-corrected chi connectivity index (χ3v) is 2.88. The van der Waals surface area contributed by atoms with E-state index >= 15 is 0 Å². The van der Waals surface area contributed by atoms with Crippen LogP contribution in [0.2, 0.25) is 0 Å². The monoisotopic (exact) mass is 245 g/mol. The lowest BCUT2D eigenvalue weighted by Gasteiger charge is -2.04. The maximum atomic E-state index is 11.2. The number of hydrogen-bond acceptors (Lipinski definition) is 5. The molecule has 5 N–H and O–H groups in total. The van der Waals surface area contributed by atoms with Gasteiger partial charge in [-0.1, -0.05) is 0 Å². The van der Waals surface area contributed by atoms with Gasteiger partial charge < -0.3 is 15.8 Å². The largest absolute Gasteiger partial charge is 0.480 e. The van der Waals surface area contributed by atoms with E-state index in [1.165, 1.54) is 18.0 Å². The first kappa shape index (κ1) is 12.5. The summed E-state index contributed by atoms with van der Waals surface area (Å²) in [5.41, 5.74) is 4.62. The number of aliphatic carboxylic acids is 1. The van der Waals surface area contributed by atoms with Crippen LogP contribution >= 0.6 is 11.8 Å². The molecule has 0 amide bonds. The zero-order valence-electron chi connectivity index (χ0n) is 8.23. The van der Waals surface area contributed by atoms with E-state index in [1.807, 2.05) is 0 Å². The standard InChI is InChI=1S/C8H11N3O4S/c9-5(7(13)14)3-16-2-4-1-10-8(15)11-6(4)12/h1,5H,2-3,9H2,(H,13,14)(H2,10,11,12,15)/t5-/m0/s1. The molecule has 1 aromatic rings. The van der Waals surface area contributed by atoms with E-state index in [0.717, 1.165) is 0 Å². The first-order chi connectivity index (χ1) is 7.50. The Bertz CT molecular complexity index is 481. The highest BCUT2D eigenvalue weighted by Crippen LogP contribution is 2.08. The molecule has 8 heteroatoms. The van der Waals surface area contributed by atoms with Crippen molar-refractivity contribution in [2.24, 2.45) is 5.73 Å². The number of carboxylic acid groups (broad SMARTS) is 1. The average Bonchev–Trinajstić information content (AvgIpc) is 2.20. The molecule has 1 heterocycles. The number of thioether (sulfide) groups is 1. The van der Waals surface area contributed by atoms with Crippen LogP contribution in [0, 0.1) is 0 Å². The molecule has 0 saturated carbocycles. The van der Waals surface area contributed by atoms with Gasteiger partial charge in [-0.25, -0.2) is 4.79 Å². The summed E-state index contributed by atoms with van der Waals surface area (Å²) in [5, 5.41) is 8.52. The highest BCUT2D eigenvalue weighted by Gasteiger charge is 2.11. The van der Waals surface area contributed by atoms with Crippen molar-refractivity contribution in [3.63, 3.8) is 0 Å². The number of hydrogen-bond donors (Lipinski definition) is 4. The molecule has 0 aromatic carbocycles. The van der Waals surface area contributed by atoms with Gasteiger partial charge >= 0.3 is 11.7 Å². The number of aromatic amines is 2. The summed E-state index contributed by atoms with van der Waals surface area (Å²) in [7, 11) is 0. The van der Waals surface area contributed by atoms with Crippen molar-refractivity contribution in [3.05, 3.63) is 32.6 Å². The molecule has 0 aliphatic rings. The van der Waals surface area contributed by atoms with E-state index in [0.29, 0.717) is 11.3 Å². The van der Waals surface area contributed by atoms with Crippen molar-refractivity contribution >= 4 is 17.7 Å². The predicted octanol–water partition coefficient (Wildman–Crippen LogP) is -1.29. The van der Waals surface area contributed by atoms with Gasteiger partial charge in [-0.3, -0.25) is 14.6 Å². The third-order valence-electron chi connectivity index (χ3n) is 1.77. The Labute approximate surface area is 94.1 Å². The van der Waals surface area contributed by atoms with Crippen molar-refractivity contribution in [3.8, 4) is 0 Å². The summed E-state index contributed by atoms with van der Waals surface area (Å²) < 4.78 is 0. The van der Waals surface area contributed by atoms with Crippen LogP contribution < -0.4 is 17.0 Å². The fourth-order valence-electron chi connectivity index (χ4n) is 0.912. The summed E-state index contributed by atoms with van der Waals surface area (Å²) >= 11 is 1.21. The molecule has 0 aliphatic heterocycles. The number of rotatable bonds is 5. The number of nitrogens with two attached hydrogens (primary N) is 1. The Kier molecular flexibility index (Phi) is 4.32. The molecule has 1 atom stereocenters. The Morgan fingerprint density at radius 2 is 2.25 bits per heavy atom. The smallest absolute Gasteiger partial charge is 0.325 e.